The van der Waals surface area contributed by atoms with Crippen molar-refractivity contribution in [2.45, 2.75) is 0 Å². The number of nitrogens with zero attached hydrogens (tertiary/aromatic N) is 4. The molecule has 0 spiro atoms. The molecule has 3 aromatic heterocycles. The van der Waals surface area contributed by atoms with E-state index in [1.54, 1.807) is 0 Å². The molecular weight excluding hydrogens is 504 g/mol. The largest absolute Gasteiger partial charge is 0.456 e. The smallest absolute Gasteiger partial charge is 0.164 e. The highest BCUT2D eigenvalue weighted by Crippen LogP contribution is 2.38. The highest BCUT2D eigenvalue weighted by Gasteiger charge is 2.18. The molecule has 0 amide bonds. The van der Waals surface area contributed by atoms with E-state index in [1.165, 1.54) is 5.56 Å². The van der Waals surface area contributed by atoms with E-state index in [0.29, 0.717) is 17.5 Å². The Morgan fingerprint density at radius 1 is 0.463 bits per heavy atom. The molecule has 0 saturated heterocycles. The van der Waals surface area contributed by atoms with Crippen LogP contribution in [0.3, 0.4) is 0 Å². The van der Waals surface area contributed by atoms with Gasteiger partial charge in [-0.3, -0.25) is 4.98 Å². The lowest BCUT2D eigenvalue weighted by Crippen LogP contribution is -2.00. The summed E-state index contributed by atoms with van der Waals surface area (Å²) in [4.78, 5) is 19.5. The molecule has 0 N–H and O–H groups in total. The minimum Gasteiger partial charge on any atom is -0.456 e. The van der Waals surface area contributed by atoms with Crippen LogP contribution in [-0.2, 0) is 0 Å². The van der Waals surface area contributed by atoms with Crippen LogP contribution < -0.4 is 0 Å². The summed E-state index contributed by atoms with van der Waals surface area (Å²) >= 11 is 0. The molecule has 41 heavy (non-hydrogen) atoms. The van der Waals surface area contributed by atoms with Gasteiger partial charge in [0.05, 0.1) is 5.52 Å². The average molecular weight is 527 g/mol. The fourth-order valence-electron chi connectivity index (χ4n) is 5.36. The van der Waals surface area contributed by atoms with E-state index >= 15 is 0 Å². The van der Waals surface area contributed by atoms with Gasteiger partial charge in [0.1, 0.15) is 11.2 Å². The lowest BCUT2D eigenvalue weighted by atomic mass is 10.0. The average Bonchev–Trinajstić information content (AvgIpc) is 3.42. The number of rotatable bonds is 4. The van der Waals surface area contributed by atoms with E-state index in [9.17, 15) is 0 Å². The van der Waals surface area contributed by atoms with Gasteiger partial charge < -0.3 is 4.42 Å². The van der Waals surface area contributed by atoms with E-state index in [2.05, 4.69) is 47.4 Å². The molecule has 3 heterocycles. The van der Waals surface area contributed by atoms with Gasteiger partial charge in [-0.1, -0.05) is 103 Å². The van der Waals surface area contributed by atoms with Gasteiger partial charge >= 0.3 is 0 Å². The maximum atomic E-state index is 6.31. The molecule has 5 heteroatoms. The third-order valence-electron chi connectivity index (χ3n) is 7.38. The summed E-state index contributed by atoms with van der Waals surface area (Å²) in [6.45, 7) is 0. The van der Waals surface area contributed by atoms with Crippen LogP contribution in [0, 0.1) is 0 Å². The van der Waals surface area contributed by atoms with Gasteiger partial charge in [0.2, 0.25) is 0 Å². The Bertz CT molecular complexity index is 2190. The zero-order chi connectivity index (χ0) is 27.2. The number of hydrogen-bond donors (Lipinski definition) is 0. The van der Waals surface area contributed by atoms with E-state index in [-0.39, 0.29) is 0 Å². The molecular formula is C36H22N4O. The Morgan fingerprint density at radius 2 is 1.10 bits per heavy atom. The molecule has 0 atom stereocenters. The predicted molar refractivity (Wildman–Crippen MR) is 164 cm³/mol. The zero-order valence-electron chi connectivity index (χ0n) is 21.9. The highest BCUT2D eigenvalue weighted by molar-refractivity contribution is 6.14. The molecule has 0 bridgehead atoms. The summed E-state index contributed by atoms with van der Waals surface area (Å²) in [6.07, 6.45) is 1.81. The topological polar surface area (TPSA) is 64.7 Å². The van der Waals surface area contributed by atoms with Gasteiger partial charge in [-0.05, 0) is 35.4 Å². The van der Waals surface area contributed by atoms with E-state index in [1.807, 2.05) is 91.1 Å². The first kappa shape index (κ1) is 23.2. The molecule has 0 saturated carbocycles. The summed E-state index contributed by atoms with van der Waals surface area (Å²) in [5.41, 5.74) is 7.55. The standard InChI is InChI=1S/C36H22N4O/c1-3-9-23(10-4-1)24-16-18-26(19-17-24)35-38-34(25-11-5-2-6-12-25)39-36(40-35)28-14-7-15-31-33(28)29-22-30-27(13-8-20-37-30)21-32(29)41-31/h1-22H. The number of benzene rings is 5. The van der Waals surface area contributed by atoms with Crippen LogP contribution in [-0.4, -0.2) is 19.9 Å². The highest BCUT2D eigenvalue weighted by atomic mass is 16.3. The molecule has 0 aliphatic heterocycles. The van der Waals surface area contributed by atoms with Crippen LogP contribution >= 0.6 is 0 Å². The van der Waals surface area contributed by atoms with Crippen molar-refractivity contribution in [3.8, 4) is 45.3 Å². The molecule has 192 valence electrons. The van der Waals surface area contributed by atoms with Crippen molar-refractivity contribution in [2.75, 3.05) is 0 Å². The van der Waals surface area contributed by atoms with Gasteiger partial charge in [-0.15, -0.1) is 0 Å². The van der Waals surface area contributed by atoms with Crippen molar-refractivity contribution in [1.29, 1.82) is 0 Å². The number of fused-ring (bicyclic) bond motifs is 4. The first-order valence-corrected chi connectivity index (χ1v) is 13.5. The SMILES string of the molecule is c1ccc(-c2ccc(-c3nc(-c4ccccc4)nc(-c4cccc5oc6cc7cccnc7cc6c45)n3)cc2)cc1. The molecule has 8 aromatic rings. The zero-order valence-corrected chi connectivity index (χ0v) is 21.9. The monoisotopic (exact) mass is 526 g/mol. The first-order valence-electron chi connectivity index (χ1n) is 13.5. The number of hydrogen-bond acceptors (Lipinski definition) is 5. The van der Waals surface area contributed by atoms with E-state index in [4.69, 9.17) is 19.4 Å². The second-order valence-corrected chi connectivity index (χ2v) is 9.94. The van der Waals surface area contributed by atoms with Crippen LogP contribution in [0.5, 0.6) is 0 Å². The van der Waals surface area contributed by atoms with Crippen LogP contribution in [0.4, 0.5) is 0 Å². The van der Waals surface area contributed by atoms with Crippen LogP contribution in [0.2, 0.25) is 0 Å². The van der Waals surface area contributed by atoms with Crippen LogP contribution in [0.15, 0.2) is 138 Å². The quantitative estimate of drug-likeness (QED) is 0.229. The molecule has 0 aliphatic rings. The predicted octanol–water partition coefficient (Wildman–Crippen LogP) is 8.99. The summed E-state index contributed by atoms with van der Waals surface area (Å²) in [7, 11) is 0. The van der Waals surface area contributed by atoms with Gasteiger partial charge in [-0.2, -0.15) is 0 Å². The second-order valence-electron chi connectivity index (χ2n) is 9.94. The Labute approximate surface area is 235 Å². The third kappa shape index (κ3) is 4.12. The normalized spacial score (nSPS) is 11.4. The Kier molecular flexibility index (Phi) is 5.38. The first-order chi connectivity index (χ1) is 20.3. The molecule has 5 nitrogen and oxygen atoms in total. The fourth-order valence-corrected chi connectivity index (χ4v) is 5.36. The van der Waals surface area contributed by atoms with Crippen molar-refractivity contribution < 1.29 is 4.42 Å². The number of aromatic nitrogens is 4. The van der Waals surface area contributed by atoms with Gasteiger partial charge in [0, 0.05) is 39.0 Å². The lowest BCUT2D eigenvalue weighted by molar-refractivity contribution is 0.669. The van der Waals surface area contributed by atoms with E-state index in [0.717, 1.165) is 55.1 Å². The van der Waals surface area contributed by atoms with Crippen molar-refractivity contribution in [3.05, 3.63) is 134 Å². The van der Waals surface area contributed by atoms with Gasteiger partial charge in [0.15, 0.2) is 17.5 Å². The molecule has 8 rings (SSSR count). The Hall–Kier alpha value is -5.68. The van der Waals surface area contributed by atoms with Gasteiger partial charge in [0.25, 0.3) is 0 Å². The lowest BCUT2D eigenvalue weighted by Gasteiger charge is -2.10. The Morgan fingerprint density at radius 3 is 1.85 bits per heavy atom. The maximum absolute atomic E-state index is 6.31. The van der Waals surface area contributed by atoms with Crippen LogP contribution in [0.25, 0.3) is 78.1 Å². The summed E-state index contributed by atoms with van der Waals surface area (Å²) in [6, 6.07) is 42.9. The molecule has 5 aromatic carbocycles. The van der Waals surface area contributed by atoms with Gasteiger partial charge in [-0.25, -0.2) is 15.0 Å². The molecule has 0 aliphatic carbocycles. The van der Waals surface area contributed by atoms with Crippen molar-refractivity contribution in [3.63, 3.8) is 0 Å². The van der Waals surface area contributed by atoms with Crippen molar-refractivity contribution in [2.24, 2.45) is 0 Å². The summed E-state index contributed by atoms with van der Waals surface area (Å²) in [5, 5.41) is 2.98. The number of furan rings is 1. The summed E-state index contributed by atoms with van der Waals surface area (Å²) < 4.78 is 6.31. The second kappa shape index (κ2) is 9.50. The minimum atomic E-state index is 0.593. The van der Waals surface area contributed by atoms with Crippen LogP contribution in [0.1, 0.15) is 0 Å². The summed E-state index contributed by atoms with van der Waals surface area (Å²) in [5.74, 6) is 1.83. The van der Waals surface area contributed by atoms with Crippen molar-refractivity contribution >= 4 is 32.8 Å². The fraction of sp³-hybridized carbons (Fsp3) is 0. The Balaban J connectivity index is 1.34. The molecule has 0 radical (unpaired) electrons. The van der Waals surface area contributed by atoms with Crippen molar-refractivity contribution in [1.82, 2.24) is 19.9 Å². The molecule has 0 fully saturated rings. The number of pyridine rings is 1. The van der Waals surface area contributed by atoms with E-state index < -0.39 is 0 Å². The minimum absolute atomic E-state index is 0.593. The third-order valence-corrected chi connectivity index (χ3v) is 7.38. The molecule has 0 unspecified atom stereocenters. The maximum Gasteiger partial charge on any atom is 0.164 e.